The summed E-state index contributed by atoms with van der Waals surface area (Å²) in [6.45, 7) is -0.0650. The highest BCUT2D eigenvalue weighted by Gasteiger charge is 2.15. The van der Waals surface area contributed by atoms with E-state index < -0.39 is 23.6 Å². The van der Waals surface area contributed by atoms with Crippen LogP contribution in [-0.2, 0) is 17.6 Å². The standard InChI is InChI=1S/C24H20F2N4O4/c25-16-3-1-14(2-4-16)11-21(32)30-24(33)29-17-5-6-19(18(26)12-17)34-20-7-9-27-23-22(20)15(8-10-31)13-28-23/h1-7,9,12-13,31H,8,10-11H2,(H,27,28)(H2,29,30,32,33). The number of ether oxygens (including phenoxy) is 1. The largest absolute Gasteiger partial charge is 0.453 e. The van der Waals surface area contributed by atoms with E-state index >= 15 is 0 Å². The van der Waals surface area contributed by atoms with Crippen LogP contribution < -0.4 is 15.4 Å². The number of halogens is 2. The van der Waals surface area contributed by atoms with Crippen molar-refractivity contribution >= 4 is 28.7 Å². The lowest BCUT2D eigenvalue weighted by Gasteiger charge is -2.11. The number of aromatic nitrogens is 2. The molecular weight excluding hydrogens is 446 g/mol. The first-order valence-corrected chi connectivity index (χ1v) is 10.3. The van der Waals surface area contributed by atoms with Gasteiger partial charge in [0.25, 0.3) is 0 Å². The van der Waals surface area contributed by atoms with E-state index in [1.807, 2.05) is 0 Å². The summed E-state index contributed by atoms with van der Waals surface area (Å²) < 4.78 is 33.4. The van der Waals surface area contributed by atoms with E-state index in [2.05, 4.69) is 20.6 Å². The molecule has 4 N–H and O–H groups in total. The topological polar surface area (TPSA) is 116 Å². The number of aliphatic hydroxyl groups excluding tert-OH is 1. The van der Waals surface area contributed by atoms with Gasteiger partial charge in [0.15, 0.2) is 11.6 Å². The number of H-pyrrole nitrogens is 1. The van der Waals surface area contributed by atoms with Crippen LogP contribution in [0, 0.1) is 11.6 Å². The van der Waals surface area contributed by atoms with Crippen LogP contribution >= 0.6 is 0 Å². The minimum absolute atomic E-state index is 0.0650. The number of urea groups is 1. The van der Waals surface area contributed by atoms with E-state index in [1.54, 1.807) is 12.3 Å². The van der Waals surface area contributed by atoms with Crippen molar-refractivity contribution < 1.29 is 28.2 Å². The van der Waals surface area contributed by atoms with Gasteiger partial charge in [-0.25, -0.2) is 18.6 Å². The highest BCUT2D eigenvalue weighted by molar-refractivity contribution is 6.01. The summed E-state index contributed by atoms with van der Waals surface area (Å²) in [7, 11) is 0. The van der Waals surface area contributed by atoms with E-state index in [9.17, 15) is 23.5 Å². The zero-order chi connectivity index (χ0) is 24.1. The Kier molecular flexibility index (Phi) is 6.79. The number of aliphatic hydroxyl groups is 1. The molecule has 34 heavy (non-hydrogen) atoms. The summed E-state index contributed by atoms with van der Waals surface area (Å²) >= 11 is 0. The van der Waals surface area contributed by atoms with Crippen LogP contribution in [0.25, 0.3) is 11.0 Å². The minimum atomic E-state index is -0.836. The predicted molar refractivity (Wildman–Crippen MR) is 121 cm³/mol. The molecule has 3 amide bonds. The second-order valence-electron chi connectivity index (χ2n) is 7.37. The number of anilines is 1. The van der Waals surface area contributed by atoms with Crippen molar-refractivity contribution in [3.05, 3.63) is 83.7 Å². The molecule has 2 aromatic heterocycles. The van der Waals surface area contributed by atoms with E-state index in [4.69, 9.17) is 4.74 Å². The molecule has 0 bridgehead atoms. The lowest BCUT2D eigenvalue weighted by Crippen LogP contribution is -2.35. The number of carbonyl (C=O) groups excluding carboxylic acids is 2. The Hall–Kier alpha value is -4.31. The van der Waals surface area contributed by atoms with Gasteiger partial charge in [0.05, 0.1) is 11.8 Å². The van der Waals surface area contributed by atoms with E-state index in [1.165, 1.54) is 42.6 Å². The lowest BCUT2D eigenvalue weighted by atomic mass is 10.1. The van der Waals surface area contributed by atoms with Gasteiger partial charge in [0.1, 0.15) is 17.2 Å². The van der Waals surface area contributed by atoms with E-state index in [0.717, 1.165) is 11.6 Å². The number of fused-ring (bicyclic) bond motifs is 1. The Morgan fingerprint density at radius 2 is 1.85 bits per heavy atom. The number of amides is 3. The molecule has 0 saturated carbocycles. The SMILES string of the molecule is O=C(Cc1ccc(F)cc1)NC(=O)Nc1ccc(Oc2ccnc3[nH]cc(CCO)c23)c(F)c1. The van der Waals surface area contributed by atoms with Crippen molar-refractivity contribution in [3.8, 4) is 11.5 Å². The molecule has 0 atom stereocenters. The van der Waals surface area contributed by atoms with Crippen molar-refractivity contribution in [1.29, 1.82) is 0 Å². The molecule has 0 aliphatic rings. The van der Waals surface area contributed by atoms with Crippen LogP contribution in [-0.4, -0.2) is 33.6 Å². The fourth-order valence-corrected chi connectivity index (χ4v) is 3.39. The number of benzene rings is 2. The summed E-state index contributed by atoms with van der Waals surface area (Å²) in [5.41, 5.74) is 1.97. The van der Waals surface area contributed by atoms with Gasteiger partial charge in [-0.3, -0.25) is 10.1 Å². The molecule has 0 aliphatic carbocycles. The zero-order valence-electron chi connectivity index (χ0n) is 17.8. The average Bonchev–Trinajstić information content (AvgIpc) is 3.21. The van der Waals surface area contributed by atoms with Crippen molar-refractivity contribution in [3.63, 3.8) is 0 Å². The minimum Gasteiger partial charge on any atom is -0.453 e. The molecule has 174 valence electrons. The highest BCUT2D eigenvalue weighted by atomic mass is 19.1. The Bertz CT molecular complexity index is 1340. The van der Waals surface area contributed by atoms with Gasteiger partial charge in [-0.05, 0) is 47.9 Å². The first-order chi connectivity index (χ1) is 16.4. The monoisotopic (exact) mass is 466 g/mol. The maximum absolute atomic E-state index is 14.7. The van der Waals surface area contributed by atoms with Crippen molar-refractivity contribution in [2.24, 2.45) is 0 Å². The maximum Gasteiger partial charge on any atom is 0.325 e. The summed E-state index contributed by atoms with van der Waals surface area (Å²) in [4.78, 5) is 31.3. The van der Waals surface area contributed by atoms with Crippen molar-refractivity contribution in [1.82, 2.24) is 15.3 Å². The van der Waals surface area contributed by atoms with Crippen LogP contribution in [0.2, 0.25) is 0 Å². The Morgan fingerprint density at radius 1 is 1.06 bits per heavy atom. The molecular formula is C24H20F2N4O4. The normalized spacial score (nSPS) is 10.8. The van der Waals surface area contributed by atoms with Crippen LogP contribution in [0.5, 0.6) is 11.5 Å². The van der Waals surface area contributed by atoms with Gasteiger partial charge in [0.2, 0.25) is 5.91 Å². The number of carbonyl (C=O) groups is 2. The van der Waals surface area contributed by atoms with Gasteiger partial charge < -0.3 is 20.1 Å². The molecule has 0 radical (unpaired) electrons. The molecule has 4 rings (SSSR count). The molecule has 0 fully saturated rings. The summed E-state index contributed by atoms with van der Waals surface area (Å²) in [5.74, 6) is -1.49. The third-order valence-corrected chi connectivity index (χ3v) is 4.94. The van der Waals surface area contributed by atoms with Gasteiger partial charge >= 0.3 is 6.03 Å². The second-order valence-corrected chi connectivity index (χ2v) is 7.37. The zero-order valence-corrected chi connectivity index (χ0v) is 17.8. The molecule has 2 aromatic carbocycles. The Labute approximate surface area is 192 Å². The summed E-state index contributed by atoms with van der Waals surface area (Å²) in [6, 6.07) is 9.90. The van der Waals surface area contributed by atoms with Crippen LogP contribution in [0.15, 0.2) is 60.9 Å². The maximum atomic E-state index is 14.7. The first-order valence-electron chi connectivity index (χ1n) is 10.3. The number of aromatic amines is 1. The highest BCUT2D eigenvalue weighted by Crippen LogP contribution is 2.33. The molecule has 0 spiro atoms. The smallest absolute Gasteiger partial charge is 0.325 e. The molecule has 10 heteroatoms. The van der Waals surface area contributed by atoms with E-state index in [0.29, 0.717) is 28.8 Å². The third kappa shape index (κ3) is 5.36. The molecule has 0 unspecified atom stereocenters. The lowest BCUT2D eigenvalue weighted by molar-refractivity contribution is -0.119. The molecule has 0 saturated heterocycles. The summed E-state index contributed by atoms with van der Waals surface area (Å²) in [5, 5.41) is 14.4. The molecule has 4 aromatic rings. The Balaban J connectivity index is 1.41. The van der Waals surface area contributed by atoms with Crippen LogP contribution in [0.1, 0.15) is 11.1 Å². The van der Waals surface area contributed by atoms with Crippen molar-refractivity contribution in [2.75, 3.05) is 11.9 Å². The van der Waals surface area contributed by atoms with Gasteiger partial charge in [-0.2, -0.15) is 0 Å². The van der Waals surface area contributed by atoms with E-state index in [-0.39, 0.29) is 24.5 Å². The number of pyridine rings is 1. The number of nitrogens with one attached hydrogen (secondary N) is 3. The fourth-order valence-electron chi connectivity index (χ4n) is 3.39. The predicted octanol–water partition coefficient (Wildman–Crippen LogP) is 4.06. The van der Waals surface area contributed by atoms with Crippen LogP contribution in [0.4, 0.5) is 19.3 Å². The molecule has 2 heterocycles. The van der Waals surface area contributed by atoms with Crippen LogP contribution in [0.3, 0.4) is 0 Å². The number of hydrogen-bond acceptors (Lipinski definition) is 5. The second kappa shape index (κ2) is 10.1. The van der Waals surface area contributed by atoms with Crippen molar-refractivity contribution in [2.45, 2.75) is 12.8 Å². The van der Waals surface area contributed by atoms with Gasteiger partial charge in [-0.1, -0.05) is 12.1 Å². The summed E-state index contributed by atoms with van der Waals surface area (Å²) in [6.07, 6.45) is 3.48. The Morgan fingerprint density at radius 3 is 2.59 bits per heavy atom. The first kappa shape index (κ1) is 22.9. The molecule has 0 aliphatic heterocycles. The fraction of sp³-hybridized carbons (Fsp3) is 0.125. The van der Waals surface area contributed by atoms with Gasteiger partial charge in [-0.15, -0.1) is 0 Å². The number of hydrogen-bond donors (Lipinski definition) is 4. The number of imide groups is 1. The third-order valence-electron chi connectivity index (χ3n) is 4.94. The van der Waals surface area contributed by atoms with Gasteiger partial charge in [0, 0.05) is 30.8 Å². The number of rotatable bonds is 7. The average molecular weight is 466 g/mol. The molecule has 8 nitrogen and oxygen atoms in total. The number of nitrogens with zero attached hydrogens (tertiary/aromatic N) is 1. The quantitative estimate of drug-likeness (QED) is 0.328.